The summed E-state index contributed by atoms with van der Waals surface area (Å²) < 4.78 is 36.9. The molecule has 0 spiro atoms. The lowest BCUT2D eigenvalue weighted by Crippen LogP contribution is -2.35. The first-order chi connectivity index (χ1) is 11.9. The fourth-order valence-corrected chi connectivity index (χ4v) is 3.36. The number of urea groups is 1. The minimum atomic E-state index is -3.67. The van der Waals surface area contributed by atoms with Crippen LogP contribution in [0.5, 0.6) is 11.5 Å². The third-order valence-electron chi connectivity index (χ3n) is 4.49. The van der Waals surface area contributed by atoms with Crippen LogP contribution in [0.4, 0.5) is 19.3 Å². The van der Waals surface area contributed by atoms with Gasteiger partial charge in [-0.1, -0.05) is 0 Å². The van der Waals surface area contributed by atoms with Gasteiger partial charge in [-0.25, -0.2) is 4.79 Å². The number of carbonyl (C=O) groups excluding carboxylic acids is 1. The van der Waals surface area contributed by atoms with Gasteiger partial charge in [-0.3, -0.25) is 0 Å². The standard InChI is InChI=1S/C17H17F2N3O3/c1-21-8-2-4-12(21)13-5-3-9-22(13)16(23)20-11-6-7-14-15(10-11)25-17(18,19)24-14/h2,4,6-8,10,13H,3,5,9H2,1H3,(H,20,23)/t13-/m0/s1. The van der Waals surface area contributed by atoms with Crippen LogP contribution >= 0.6 is 0 Å². The number of fused-ring (bicyclic) bond motifs is 1. The van der Waals surface area contributed by atoms with E-state index < -0.39 is 6.29 Å². The lowest BCUT2D eigenvalue weighted by Gasteiger charge is -2.25. The Bertz CT molecular complexity index is 821. The minimum absolute atomic E-state index is 0.00153. The Morgan fingerprint density at radius 1 is 1.28 bits per heavy atom. The van der Waals surface area contributed by atoms with E-state index >= 15 is 0 Å². The number of carbonyl (C=O) groups is 1. The first kappa shape index (κ1) is 15.7. The van der Waals surface area contributed by atoms with Crippen LogP contribution in [-0.2, 0) is 7.05 Å². The number of likely N-dealkylation sites (tertiary alicyclic amines) is 1. The number of alkyl halides is 2. The fraction of sp³-hybridized carbons (Fsp3) is 0.353. The van der Waals surface area contributed by atoms with Crippen molar-refractivity contribution < 1.29 is 23.0 Å². The van der Waals surface area contributed by atoms with E-state index in [0.29, 0.717) is 12.2 Å². The smallest absolute Gasteiger partial charge is 0.395 e. The quantitative estimate of drug-likeness (QED) is 0.899. The molecule has 2 aliphatic rings. The first-order valence-corrected chi connectivity index (χ1v) is 8.02. The van der Waals surface area contributed by atoms with E-state index in [0.717, 1.165) is 18.5 Å². The van der Waals surface area contributed by atoms with Crippen molar-refractivity contribution >= 4 is 11.7 Å². The number of hydrogen-bond donors (Lipinski definition) is 1. The molecule has 8 heteroatoms. The maximum atomic E-state index is 13.1. The van der Waals surface area contributed by atoms with E-state index in [2.05, 4.69) is 14.8 Å². The number of aromatic nitrogens is 1. The van der Waals surface area contributed by atoms with E-state index in [1.807, 2.05) is 29.9 Å². The average molecular weight is 349 g/mol. The van der Waals surface area contributed by atoms with E-state index in [4.69, 9.17) is 0 Å². The van der Waals surface area contributed by atoms with Gasteiger partial charge in [-0.2, -0.15) is 0 Å². The van der Waals surface area contributed by atoms with Crippen LogP contribution in [0.1, 0.15) is 24.6 Å². The van der Waals surface area contributed by atoms with Crippen molar-refractivity contribution in [2.45, 2.75) is 25.2 Å². The predicted octanol–water partition coefficient (Wildman–Crippen LogP) is 3.72. The SMILES string of the molecule is Cn1cccc1[C@@H]1CCCN1C(=O)Nc1ccc2c(c1)OC(F)(F)O2. The van der Waals surface area contributed by atoms with Crippen molar-refractivity contribution in [1.82, 2.24) is 9.47 Å². The number of hydrogen-bond acceptors (Lipinski definition) is 3. The molecule has 1 saturated heterocycles. The van der Waals surface area contributed by atoms with E-state index in [-0.39, 0.29) is 23.6 Å². The largest absolute Gasteiger partial charge is 0.586 e. The van der Waals surface area contributed by atoms with Gasteiger partial charge in [0.05, 0.1) is 6.04 Å². The highest BCUT2D eigenvalue weighted by Gasteiger charge is 2.43. The maximum absolute atomic E-state index is 13.1. The Kier molecular flexibility index (Phi) is 3.55. The van der Waals surface area contributed by atoms with Crippen LogP contribution in [0, 0.1) is 0 Å². The highest BCUT2D eigenvalue weighted by Crippen LogP contribution is 2.42. The van der Waals surface area contributed by atoms with Gasteiger partial charge in [0.2, 0.25) is 0 Å². The summed E-state index contributed by atoms with van der Waals surface area (Å²) in [6.07, 6.45) is 0.0779. The Morgan fingerprint density at radius 3 is 2.84 bits per heavy atom. The molecule has 6 nitrogen and oxygen atoms in total. The lowest BCUT2D eigenvalue weighted by atomic mass is 10.1. The molecule has 1 fully saturated rings. The summed E-state index contributed by atoms with van der Waals surface area (Å²) in [5.74, 6) is -0.144. The second-order valence-electron chi connectivity index (χ2n) is 6.15. The number of nitrogens with zero attached hydrogens (tertiary/aromatic N) is 2. The second kappa shape index (κ2) is 5.65. The molecule has 0 saturated carbocycles. The molecule has 0 unspecified atom stereocenters. The monoisotopic (exact) mass is 349 g/mol. The number of rotatable bonds is 2. The van der Waals surface area contributed by atoms with Crippen LogP contribution in [0.25, 0.3) is 0 Å². The average Bonchev–Trinajstić information content (AvgIpc) is 3.23. The number of ether oxygens (including phenoxy) is 2. The number of aryl methyl sites for hydroxylation is 1. The van der Waals surface area contributed by atoms with Gasteiger partial charge < -0.3 is 24.3 Å². The number of halogens is 2. The zero-order chi connectivity index (χ0) is 17.6. The Morgan fingerprint density at radius 2 is 2.08 bits per heavy atom. The molecule has 2 aromatic rings. The highest BCUT2D eigenvalue weighted by atomic mass is 19.3. The molecule has 1 atom stereocenters. The van der Waals surface area contributed by atoms with Crippen molar-refractivity contribution in [2.24, 2.45) is 7.05 Å². The molecule has 3 heterocycles. The Balaban J connectivity index is 1.50. The van der Waals surface area contributed by atoms with Gasteiger partial charge in [0, 0.05) is 37.2 Å². The van der Waals surface area contributed by atoms with E-state index in [1.54, 1.807) is 4.90 Å². The van der Waals surface area contributed by atoms with Crippen LogP contribution in [-0.4, -0.2) is 28.3 Å². The topological polar surface area (TPSA) is 55.7 Å². The zero-order valence-electron chi connectivity index (χ0n) is 13.5. The van der Waals surface area contributed by atoms with Gasteiger partial charge in [0.25, 0.3) is 0 Å². The summed E-state index contributed by atoms with van der Waals surface area (Å²) >= 11 is 0. The third kappa shape index (κ3) is 2.88. The van der Waals surface area contributed by atoms with Crippen LogP contribution in [0.15, 0.2) is 36.5 Å². The molecular weight excluding hydrogens is 332 g/mol. The van der Waals surface area contributed by atoms with Gasteiger partial charge in [0.1, 0.15) is 0 Å². The zero-order valence-corrected chi connectivity index (χ0v) is 13.5. The number of anilines is 1. The molecule has 132 valence electrons. The van der Waals surface area contributed by atoms with Gasteiger partial charge in [0.15, 0.2) is 11.5 Å². The fourth-order valence-electron chi connectivity index (χ4n) is 3.36. The van der Waals surface area contributed by atoms with Gasteiger partial charge in [-0.15, -0.1) is 8.78 Å². The summed E-state index contributed by atoms with van der Waals surface area (Å²) in [5, 5.41) is 2.75. The highest BCUT2D eigenvalue weighted by molar-refractivity contribution is 5.90. The summed E-state index contributed by atoms with van der Waals surface area (Å²) in [4.78, 5) is 14.4. The van der Waals surface area contributed by atoms with Crippen molar-refractivity contribution in [3.63, 3.8) is 0 Å². The van der Waals surface area contributed by atoms with Gasteiger partial charge in [-0.05, 0) is 37.1 Å². The van der Waals surface area contributed by atoms with Crippen LogP contribution < -0.4 is 14.8 Å². The molecule has 1 aromatic heterocycles. The predicted molar refractivity (Wildman–Crippen MR) is 85.8 cm³/mol. The molecular formula is C17H17F2N3O3. The summed E-state index contributed by atoms with van der Waals surface area (Å²) in [6, 6.07) is 7.87. The van der Waals surface area contributed by atoms with Crippen molar-refractivity contribution in [2.75, 3.05) is 11.9 Å². The van der Waals surface area contributed by atoms with Crippen molar-refractivity contribution in [3.05, 3.63) is 42.2 Å². The van der Waals surface area contributed by atoms with Gasteiger partial charge >= 0.3 is 12.3 Å². The number of nitrogens with one attached hydrogen (secondary N) is 1. The van der Waals surface area contributed by atoms with Crippen LogP contribution in [0.2, 0.25) is 0 Å². The Labute approximate surface area is 142 Å². The van der Waals surface area contributed by atoms with Crippen molar-refractivity contribution in [1.29, 1.82) is 0 Å². The lowest BCUT2D eigenvalue weighted by molar-refractivity contribution is -0.286. The molecule has 2 amide bonds. The second-order valence-corrected chi connectivity index (χ2v) is 6.15. The van der Waals surface area contributed by atoms with E-state index in [9.17, 15) is 13.6 Å². The molecule has 0 radical (unpaired) electrons. The number of benzene rings is 1. The molecule has 1 aromatic carbocycles. The van der Waals surface area contributed by atoms with E-state index in [1.165, 1.54) is 18.2 Å². The maximum Gasteiger partial charge on any atom is 0.586 e. The molecule has 0 bridgehead atoms. The first-order valence-electron chi connectivity index (χ1n) is 8.02. The summed E-state index contributed by atoms with van der Waals surface area (Å²) in [6.45, 7) is 0.643. The summed E-state index contributed by atoms with van der Waals surface area (Å²) in [7, 11) is 1.95. The van der Waals surface area contributed by atoms with Crippen LogP contribution in [0.3, 0.4) is 0 Å². The van der Waals surface area contributed by atoms with Crippen molar-refractivity contribution in [3.8, 4) is 11.5 Å². The summed E-state index contributed by atoms with van der Waals surface area (Å²) in [5.41, 5.74) is 1.44. The molecule has 0 aliphatic carbocycles. The third-order valence-corrected chi connectivity index (χ3v) is 4.49. The molecule has 1 N–H and O–H groups in total. The minimum Gasteiger partial charge on any atom is -0.395 e. The molecule has 4 rings (SSSR count). The number of amides is 2. The molecule has 25 heavy (non-hydrogen) atoms. The normalized spacial score (nSPS) is 20.8. The molecule has 2 aliphatic heterocycles. The Hall–Kier alpha value is -2.77.